The minimum atomic E-state index is -0.457. The fourth-order valence-electron chi connectivity index (χ4n) is 0.944. The Hall–Kier alpha value is -1.08. The second kappa shape index (κ2) is 3.94. The highest BCUT2D eigenvalue weighted by Crippen LogP contribution is 2.12. The van der Waals surface area contributed by atoms with Crippen molar-refractivity contribution in [3.05, 3.63) is 48.0 Å². The van der Waals surface area contributed by atoms with Crippen molar-refractivity contribution in [2.75, 3.05) is 0 Å². The molecule has 1 nitrogen and oxygen atoms in total. The standard InChI is InChI=1S/C10H12O/c1-2-6-10(11)9-7-4-3-5-8-9/h2-8,10-11H,1H3/t10-/m0/s1. The summed E-state index contributed by atoms with van der Waals surface area (Å²) in [4.78, 5) is 0. The van der Waals surface area contributed by atoms with Crippen LogP contribution in [0.15, 0.2) is 42.5 Å². The minimum Gasteiger partial charge on any atom is -0.384 e. The van der Waals surface area contributed by atoms with Gasteiger partial charge in [-0.05, 0) is 12.5 Å². The average molecular weight is 148 g/mol. The molecule has 0 aromatic heterocycles. The first kappa shape index (κ1) is 8.02. The molecule has 0 spiro atoms. The normalized spacial score (nSPS) is 13.6. The Morgan fingerprint density at radius 1 is 1.27 bits per heavy atom. The molecular formula is C10H12O. The number of aliphatic hydroxyl groups is 1. The third kappa shape index (κ3) is 2.20. The molecule has 1 atom stereocenters. The monoisotopic (exact) mass is 148 g/mol. The van der Waals surface area contributed by atoms with E-state index in [1.54, 1.807) is 6.08 Å². The van der Waals surface area contributed by atoms with E-state index in [2.05, 4.69) is 0 Å². The van der Waals surface area contributed by atoms with Crippen LogP contribution in [0, 0.1) is 0 Å². The number of allylic oxidation sites excluding steroid dienone is 1. The van der Waals surface area contributed by atoms with Gasteiger partial charge in [0.2, 0.25) is 0 Å². The quantitative estimate of drug-likeness (QED) is 0.638. The summed E-state index contributed by atoms with van der Waals surface area (Å²) in [7, 11) is 0. The summed E-state index contributed by atoms with van der Waals surface area (Å²) >= 11 is 0. The van der Waals surface area contributed by atoms with Gasteiger partial charge in [0.05, 0.1) is 6.10 Å². The highest BCUT2D eigenvalue weighted by molar-refractivity contribution is 5.20. The van der Waals surface area contributed by atoms with E-state index in [-0.39, 0.29) is 0 Å². The van der Waals surface area contributed by atoms with Crippen molar-refractivity contribution in [3.63, 3.8) is 0 Å². The van der Waals surface area contributed by atoms with Crippen LogP contribution in [-0.2, 0) is 0 Å². The van der Waals surface area contributed by atoms with E-state index in [0.717, 1.165) is 5.56 Å². The summed E-state index contributed by atoms with van der Waals surface area (Å²) in [5, 5.41) is 9.43. The fourth-order valence-corrected chi connectivity index (χ4v) is 0.944. The van der Waals surface area contributed by atoms with Crippen molar-refractivity contribution in [2.45, 2.75) is 13.0 Å². The second-order valence-corrected chi connectivity index (χ2v) is 2.38. The van der Waals surface area contributed by atoms with Gasteiger partial charge in [-0.1, -0.05) is 42.5 Å². The van der Waals surface area contributed by atoms with Crippen molar-refractivity contribution in [3.8, 4) is 0 Å². The van der Waals surface area contributed by atoms with Gasteiger partial charge in [-0.2, -0.15) is 0 Å². The van der Waals surface area contributed by atoms with Gasteiger partial charge in [0.15, 0.2) is 0 Å². The number of benzene rings is 1. The third-order valence-electron chi connectivity index (χ3n) is 1.52. The van der Waals surface area contributed by atoms with Crippen molar-refractivity contribution < 1.29 is 5.11 Å². The molecule has 1 aromatic carbocycles. The van der Waals surface area contributed by atoms with Gasteiger partial charge < -0.3 is 5.11 Å². The lowest BCUT2D eigenvalue weighted by atomic mass is 10.1. The zero-order valence-corrected chi connectivity index (χ0v) is 6.57. The van der Waals surface area contributed by atoms with Crippen LogP contribution in [0.2, 0.25) is 0 Å². The zero-order valence-electron chi connectivity index (χ0n) is 6.57. The molecule has 0 saturated heterocycles. The van der Waals surface area contributed by atoms with E-state index in [4.69, 9.17) is 0 Å². The topological polar surface area (TPSA) is 20.2 Å². The van der Waals surface area contributed by atoms with Gasteiger partial charge >= 0.3 is 0 Å². The molecule has 0 fully saturated rings. The molecule has 1 rings (SSSR count). The predicted octanol–water partition coefficient (Wildman–Crippen LogP) is 2.30. The fraction of sp³-hybridized carbons (Fsp3) is 0.200. The van der Waals surface area contributed by atoms with Crippen LogP contribution in [0.25, 0.3) is 0 Å². The van der Waals surface area contributed by atoms with Gasteiger partial charge in [0.1, 0.15) is 0 Å². The summed E-state index contributed by atoms with van der Waals surface area (Å²) in [6, 6.07) is 9.59. The molecule has 0 saturated carbocycles. The molecular weight excluding hydrogens is 136 g/mol. The van der Waals surface area contributed by atoms with Crippen LogP contribution in [0.3, 0.4) is 0 Å². The lowest BCUT2D eigenvalue weighted by molar-refractivity contribution is 0.228. The maximum atomic E-state index is 9.43. The highest BCUT2D eigenvalue weighted by Gasteiger charge is 1.99. The summed E-state index contributed by atoms with van der Waals surface area (Å²) < 4.78 is 0. The molecule has 0 aliphatic rings. The van der Waals surface area contributed by atoms with Crippen LogP contribution >= 0.6 is 0 Å². The van der Waals surface area contributed by atoms with E-state index < -0.39 is 6.10 Å². The molecule has 0 heterocycles. The molecule has 11 heavy (non-hydrogen) atoms. The summed E-state index contributed by atoms with van der Waals surface area (Å²) in [6.07, 6.45) is 3.15. The van der Waals surface area contributed by atoms with Crippen LogP contribution in [0.5, 0.6) is 0 Å². The van der Waals surface area contributed by atoms with E-state index in [9.17, 15) is 5.11 Å². The first-order valence-corrected chi connectivity index (χ1v) is 3.70. The van der Waals surface area contributed by atoms with Crippen molar-refractivity contribution in [1.29, 1.82) is 0 Å². The van der Waals surface area contributed by atoms with E-state index in [1.807, 2.05) is 43.3 Å². The number of rotatable bonds is 2. The Morgan fingerprint density at radius 2 is 1.91 bits per heavy atom. The molecule has 1 N–H and O–H groups in total. The molecule has 1 aromatic rings. The molecule has 58 valence electrons. The Bertz CT molecular complexity index is 226. The van der Waals surface area contributed by atoms with E-state index in [0.29, 0.717) is 0 Å². The summed E-state index contributed by atoms with van der Waals surface area (Å²) in [5.41, 5.74) is 0.936. The van der Waals surface area contributed by atoms with Gasteiger partial charge in [-0.25, -0.2) is 0 Å². The Labute approximate surface area is 67.0 Å². The largest absolute Gasteiger partial charge is 0.384 e. The van der Waals surface area contributed by atoms with Crippen molar-refractivity contribution >= 4 is 0 Å². The van der Waals surface area contributed by atoms with Crippen LogP contribution < -0.4 is 0 Å². The van der Waals surface area contributed by atoms with Gasteiger partial charge in [-0.15, -0.1) is 0 Å². The minimum absolute atomic E-state index is 0.457. The second-order valence-electron chi connectivity index (χ2n) is 2.38. The number of hydrogen-bond acceptors (Lipinski definition) is 1. The summed E-state index contributed by atoms with van der Waals surface area (Å²) in [6.45, 7) is 1.90. The first-order chi connectivity index (χ1) is 5.34. The zero-order chi connectivity index (χ0) is 8.10. The molecule has 0 amide bonds. The molecule has 0 radical (unpaired) electrons. The first-order valence-electron chi connectivity index (χ1n) is 3.70. The lowest BCUT2D eigenvalue weighted by Gasteiger charge is -2.03. The Kier molecular flexibility index (Phi) is 2.87. The molecule has 0 aliphatic heterocycles. The lowest BCUT2D eigenvalue weighted by Crippen LogP contribution is -1.90. The van der Waals surface area contributed by atoms with Gasteiger partial charge in [0.25, 0.3) is 0 Å². The predicted molar refractivity (Wildman–Crippen MR) is 46.2 cm³/mol. The van der Waals surface area contributed by atoms with Crippen LogP contribution in [-0.4, -0.2) is 5.11 Å². The maximum absolute atomic E-state index is 9.43. The van der Waals surface area contributed by atoms with E-state index >= 15 is 0 Å². The maximum Gasteiger partial charge on any atom is 0.0971 e. The third-order valence-corrected chi connectivity index (χ3v) is 1.52. The molecule has 1 heteroatoms. The average Bonchev–Trinajstić information content (AvgIpc) is 2.07. The van der Waals surface area contributed by atoms with Crippen LogP contribution in [0.1, 0.15) is 18.6 Å². The van der Waals surface area contributed by atoms with Crippen molar-refractivity contribution in [1.82, 2.24) is 0 Å². The number of aliphatic hydroxyl groups excluding tert-OH is 1. The van der Waals surface area contributed by atoms with E-state index in [1.165, 1.54) is 0 Å². The highest BCUT2D eigenvalue weighted by atomic mass is 16.3. The Balaban J connectivity index is 2.76. The van der Waals surface area contributed by atoms with Gasteiger partial charge in [-0.3, -0.25) is 0 Å². The van der Waals surface area contributed by atoms with Crippen molar-refractivity contribution in [2.24, 2.45) is 0 Å². The molecule has 0 aliphatic carbocycles. The number of hydrogen-bond donors (Lipinski definition) is 1. The van der Waals surface area contributed by atoms with Crippen LogP contribution in [0.4, 0.5) is 0 Å². The summed E-state index contributed by atoms with van der Waals surface area (Å²) in [5.74, 6) is 0. The molecule has 0 bridgehead atoms. The smallest absolute Gasteiger partial charge is 0.0971 e. The Morgan fingerprint density at radius 3 is 2.45 bits per heavy atom. The van der Waals surface area contributed by atoms with Gasteiger partial charge in [0, 0.05) is 0 Å². The SMILES string of the molecule is CC=C[C@H](O)c1ccccc1. The molecule has 0 unspecified atom stereocenters.